The maximum absolute atomic E-state index is 13.5. The van der Waals surface area contributed by atoms with Gasteiger partial charge >= 0.3 is 0 Å². The number of para-hydroxylation sites is 2. The molecule has 44 heavy (non-hydrogen) atoms. The number of pyridine rings is 1. The lowest BCUT2D eigenvalue weighted by molar-refractivity contribution is 0.101. The Morgan fingerprint density at radius 1 is 0.955 bits per heavy atom. The van der Waals surface area contributed by atoms with Crippen LogP contribution in [0.4, 0.5) is 23.1 Å². The van der Waals surface area contributed by atoms with E-state index >= 15 is 0 Å². The van der Waals surface area contributed by atoms with E-state index in [1.54, 1.807) is 63.6 Å². The van der Waals surface area contributed by atoms with Crippen molar-refractivity contribution >= 4 is 50.1 Å². The summed E-state index contributed by atoms with van der Waals surface area (Å²) in [6.07, 6.45) is 7.08. The van der Waals surface area contributed by atoms with E-state index < -0.39 is 10.0 Å². The number of methoxy groups -OCH3 is 1. The topological polar surface area (TPSA) is 166 Å². The molecule has 0 spiro atoms. The van der Waals surface area contributed by atoms with Crippen molar-refractivity contribution < 1.29 is 17.9 Å². The largest absolute Gasteiger partial charge is 0.495 e. The quantitative estimate of drug-likeness (QED) is 0.189. The molecule has 1 aromatic carbocycles. The molecule has 0 saturated heterocycles. The Labute approximate surface area is 254 Å². The second-order valence-electron chi connectivity index (χ2n) is 10.6. The minimum atomic E-state index is -4.00. The summed E-state index contributed by atoms with van der Waals surface area (Å²) in [6, 6.07) is 14.1. The van der Waals surface area contributed by atoms with Gasteiger partial charge in [0.25, 0.3) is 21.1 Å². The van der Waals surface area contributed by atoms with E-state index in [0.29, 0.717) is 40.0 Å². The summed E-state index contributed by atoms with van der Waals surface area (Å²) in [5, 5.41) is 6.49. The molecule has 14 heteroatoms. The Hall–Kier alpha value is -5.11. The minimum Gasteiger partial charge on any atom is -0.495 e. The Kier molecular flexibility index (Phi) is 7.82. The van der Waals surface area contributed by atoms with Crippen LogP contribution in [0.15, 0.2) is 66.1 Å². The maximum atomic E-state index is 13.5. The van der Waals surface area contributed by atoms with Gasteiger partial charge in [-0.1, -0.05) is 25.0 Å². The summed E-state index contributed by atoms with van der Waals surface area (Å²) >= 11 is 0. The summed E-state index contributed by atoms with van der Waals surface area (Å²) < 4.78 is 35.5. The number of aromatic nitrogens is 6. The second-order valence-corrected chi connectivity index (χ2v) is 12.1. The van der Waals surface area contributed by atoms with Crippen molar-refractivity contribution in [1.29, 1.82) is 0 Å². The number of benzene rings is 1. The monoisotopic (exact) mass is 613 g/mol. The van der Waals surface area contributed by atoms with E-state index in [9.17, 15) is 13.2 Å². The number of anilines is 4. The molecule has 0 unspecified atom stereocenters. The number of hydrogen-bond acceptors (Lipinski definition) is 10. The van der Waals surface area contributed by atoms with E-state index in [4.69, 9.17) is 9.72 Å². The standard InChI is InChI=1S/C30H31N9O4S/c1-18-14-19(2)34-30(33-18)44(41,42)38-21-12-13-26(31-17-21)36-29-32-16-20-15-24(39(27(20)37-29)22-8-4-5-9-22)28(40)35-23-10-6-7-11-25(23)43-3/h6-7,10-17,22,38H,4-5,8-9H2,1-3H3,(H,35,40)(H,31,32,36,37). The maximum Gasteiger partial charge on any atom is 0.297 e. The Morgan fingerprint density at radius 3 is 2.41 bits per heavy atom. The number of aryl methyl sites for hydroxylation is 2. The number of carbonyl (C=O) groups is 1. The summed E-state index contributed by atoms with van der Waals surface area (Å²) in [5.74, 6) is 1.000. The molecule has 1 saturated carbocycles. The van der Waals surface area contributed by atoms with Gasteiger partial charge in [-0.05, 0) is 63.1 Å². The minimum absolute atomic E-state index is 0.125. The van der Waals surface area contributed by atoms with Crippen molar-refractivity contribution in [3.8, 4) is 5.75 Å². The van der Waals surface area contributed by atoms with Crippen molar-refractivity contribution in [2.75, 3.05) is 22.5 Å². The molecule has 0 atom stereocenters. The molecule has 226 valence electrons. The predicted molar refractivity (Wildman–Crippen MR) is 166 cm³/mol. The molecule has 5 aromatic rings. The average molecular weight is 614 g/mol. The van der Waals surface area contributed by atoms with Gasteiger partial charge in [-0.2, -0.15) is 13.4 Å². The third-order valence-electron chi connectivity index (χ3n) is 7.31. The van der Waals surface area contributed by atoms with Crippen molar-refractivity contribution in [1.82, 2.24) is 29.5 Å². The zero-order valence-electron chi connectivity index (χ0n) is 24.4. The molecule has 0 radical (unpaired) electrons. The van der Waals surface area contributed by atoms with Crippen LogP contribution < -0.4 is 20.1 Å². The van der Waals surface area contributed by atoms with Crippen LogP contribution in [-0.2, 0) is 10.0 Å². The van der Waals surface area contributed by atoms with Gasteiger partial charge in [0.15, 0.2) is 0 Å². The third kappa shape index (κ3) is 6.01. The molecule has 4 heterocycles. The average Bonchev–Trinajstić information content (AvgIpc) is 3.66. The number of amides is 1. The summed E-state index contributed by atoms with van der Waals surface area (Å²) in [7, 11) is -2.43. The fourth-order valence-corrected chi connectivity index (χ4v) is 6.42. The Morgan fingerprint density at radius 2 is 1.70 bits per heavy atom. The number of nitrogens with one attached hydrogen (secondary N) is 3. The van der Waals surface area contributed by atoms with Crippen LogP contribution in [-0.4, -0.2) is 50.9 Å². The van der Waals surface area contributed by atoms with Crippen LogP contribution in [0, 0.1) is 13.8 Å². The summed E-state index contributed by atoms with van der Waals surface area (Å²) in [4.78, 5) is 35.1. The molecule has 1 amide bonds. The van der Waals surface area contributed by atoms with Crippen LogP contribution in [0.2, 0.25) is 0 Å². The van der Waals surface area contributed by atoms with Crippen LogP contribution in [0.1, 0.15) is 53.6 Å². The Bertz CT molecular complexity index is 1930. The van der Waals surface area contributed by atoms with Crippen molar-refractivity contribution in [2.45, 2.75) is 50.7 Å². The van der Waals surface area contributed by atoms with Crippen LogP contribution >= 0.6 is 0 Å². The zero-order valence-corrected chi connectivity index (χ0v) is 25.2. The third-order valence-corrected chi connectivity index (χ3v) is 8.48. The number of sulfonamides is 1. The molecule has 13 nitrogen and oxygen atoms in total. The first-order valence-corrected chi connectivity index (χ1v) is 15.6. The molecule has 1 fully saturated rings. The van der Waals surface area contributed by atoms with Crippen LogP contribution in [0.3, 0.4) is 0 Å². The van der Waals surface area contributed by atoms with Crippen molar-refractivity contribution in [3.63, 3.8) is 0 Å². The van der Waals surface area contributed by atoms with Gasteiger partial charge < -0.3 is 19.9 Å². The smallest absolute Gasteiger partial charge is 0.297 e. The molecular formula is C30H31N9O4S. The first-order chi connectivity index (χ1) is 21.2. The van der Waals surface area contributed by atoms with E-state index in [-0.39, 0.29) is 28.7 Å². The molecule has 3 N–H and O–H groups in total. The van der Waals surface area contributed by atoms with E-state index in [0.717, 1.165) is 31.1 Å². The van der Waals surface area contributed by atoms with E-state index in [2.05, 4.69) is 35.3 Å². The highest BCUT2D eigenvalue weighted by molar-refractivity contribution is 7.92. The van der Waals surface area contributed by atoms with Crippen molar-refractivity contribution in [3.05, 3.63) is 78.0 Å². The second kappa shape index (κ2) is 11.9. The van der Waals surface area contributed by atoms with Gasteiger partial charge in [0, 0.05) is 29.0 Å². The molecule has 1 aliphatic rings. The molecule has 6 rings (SSSR count). The molecular weight excluding hydrogens is 582 g/mol. The van der Waals surface area contributed by atoms with Crippen LogP contribution in [0.5, 0.6) is 5.75 Å². The van der Waals surface area contributed by atoms with Gasteiger partial charge in [-0.25, -0.2) is 19.9 Å². The number of carbonyl (C=O) groups excluding carboxylic acids is 1. The van der Waals surface area contributed by atoms with Gasteiger partial charge in [0.2, 0.25) is 5.95 Å². The number of ether oxygens (including phenoxy) is 1. The van der Waals surface area contributed by atoms with Gasteiger partial charge in [0.05, 0.1) is 24.7 Å². The Balaban J connectivity index is 1.25. The van der Waals surface area contributed by atoms with Gasteiger partial charge in [-0.3, -0.25) is 9.52 Å². The molecule has 0 bridgehead atoms. The summed E-state index contributed by atoms with van der Waals surface area (Å²) in [6.45, 7) is 3.41. The first kappa shape index (κ1) is 29.0. The number of fused-ring (bicyclic) bond motifs is 1. The first-order valence-electron chi connectivity index (χ1n) is 14.1. The highest BCUT2D eigenvalue weighted by Crippen LogP contribution is 2.35. The number of hydrogen-bond donors (Lipinski definition) is 3. The molecule has 1 aliphatic carbocycles. The lowest BCUT2D eigenvalue weighted by Crippen LogP contribution is -2.19. The van der Waals surface area contributed by atoms with Crippen LogP contribution in [0.25, 0.3) is 11.0 Å². The fraction of sp³-hybridized carbons (Fsp3) is 0.267. The summed E-state index contributed by atoms with van der Waals surface area (Å²) in [5.41, 5.74) is 3.06. The zero-order chi connectivity index (χ0) is 30.8. The number of rotatable bonds is 9. The lowest BCUT2D eigenvalue weighted by Gasteiger charge is -2.17. The SMILES string of the molecule is COc1ccccc1NC(=O)c1cc2cnc(Nc3ccc(NS(=O)(=O)c4nc(C)cc(C)n4)cn3)nc2n1C1CCCC1. The molecule has 0 aliphatic heterocycles. The highest BCUT2D eigenvalue weighted by Gasteiger charge is 2.26. The van der Waals surface area contributed by atoms with Gasteiger partial charge in [-0.15, -0.1) is 0 Å². The van der Waals surface area contributed by atoms with E-state index in [1.807, 2.05) is 16.7 Å². The van der Waals surface area contributed by atoms with Crippen molar-refractivity contribution in [2.24, 2.45) is 0 Å². The normalized spacial score (nSPS) is 13.6. The van der Waals surface area contributed by atoms with E-state index in [1.165, 1.54) is 6.20 Å². The molecule has 4 aromatic heterocycles. The predicted octanol–water partition coefficient (Wildman–Crippen LogP) is 5.15. The van der Waals surface area contributed by atoms with Gasteiger partial charge in [0.1, 0.15) is 22.9 Å². The fourth-order valence-electron chi connectivity index (χ4n) is 5.37. The number of nitrogens with zero attached hydrogens (tertiary/aromatic N) is 6. The lowest BCUT2D eigenvalue weighted by atomic mass is 10.2. The highest BCUT2D eigenvalue weighted by atomic mass is 32.2.